The van der Waals surface area contributed by atoms with Gasteiger partial charge in [-0.05, 0) is 44.7 Å². The average molecular weight is 279 g/mol. The lowest BCUT2D eigenvalue weighted by Gasteiger charge is -2.26. The van der Waals surface area contributed by atoms with Crippen molar-refractivity contribution in [2.75, 3.05) is 0 Å². The zero-order chi connectivity index (χ0) is 13.6. The van der Waals surface area contributed by atoms with Gasteiger partial charge < -0.3 is 0 Å². The summed E-state index contributed by atoms with van der Waals surface area (Å²) in [6.07, 6.45) is 2.40. The Balaban J connectivity index is 1.84. The van der Waals surface area contributed by atoms with E-state index in [2.05, 4.69) is 4.98 Å². The van der Waals surface area contributed by atoms with Crippen LogP contribution in [0.4, 0.5) is 0 Å². The molecule has 0 N–H and O–H groups in total. The Hall–Kier alpha value is -1.23. The molecule has 0 aliphatic carbocycles. The SMILES string of the molecule is Cc1cccc(C(=O)C2CC3CCC(C2)S3(=O)=O)n1. The number of sulfone groups is 1. The molecular weight excluding hydrogens is 262 g/mol. The van der Waals surface area contributed by atoms with Gasteiger partial charge in [-0.1, -0.05) is 6.07 Å². The number of aromatic nitrogens is 1. The molecule has 0 spiro atoms. The smallest absolute Gasteiger partial charge is 0.184 e. The zero-order valence-corrected chi connectivity index (χ0v) is 11.7. The normalized spacial score (nSPS) is 32.2. The topological polar surface area (TPSA) is 64.1 Å². The number of fused-ring (bicyclic) bond motifs is 2. The fourth-order valence-electron chi connectivity index (χ4n) is 3.31. The van der Waals surface area contributed by atoms with Crippen LogP contribution in [-0.4, -0.2) is 29.7 Å². The van der Waals surface area contributed by atoms with Crippen molar-refractivity contribution >= 4 is 15.6 Å². The van der Waals surface area contributed by atoms with E-state index >= 15 is 0 Å². The van der Waals surface area contributed by atoms with Crippen LogP contribution in [0.1, 0.15) is 41.9 Å². The van der Waals surface area contributed by atoms with Crippen LogP contribution in [0.3, 0.4) is 0 Å². The lowest BCUT2D eigenvalue weighted by Crippen LogP contribution is -2.36. The molecule has 2 unspecified atom stereocenters. The fraction of sp³-hybridized carbons (Fsp3) is 0.571. The first-order chi connectivity index (χ1) is 8.98. The van der Waals surface area contributed by atoms with Crippen molar-refractivity contribution < 1.29 is 13.2 Å². The van der Waals surface area contributed by atoms with Gasteiger partial charge in [-0.15, -0.1) is 0 Å². The van der Waals surface area contributed by atoms with Gasteiger partial charge >= 0.3 is 0 Å². The van der Waals surface area contributed by atoms with Crippen molar-refractivity contribution in [2.24, 2.45) is 5.92 Å². The molecule has 2 aliphatic rings. The van der Waals surface area contributed by atoms with Gasteiger partial charge in [0.15, 0.2) is 15.6 Å². The Bertz CT molecular complexity index is 603. The lowest BCUT2D eigenvalue weighted by molar-refractivity contribution is 0.0900. The molecule has 1 aromatic heterocycles. The van der Waals surface area contributed by atoms with E-state index < -0.39 is 9.84 Å². The maximum absolute atomic E-state index is 12.4. The number of nitrogens with zero attached hydrogens (tertiary/aromatic N) is 1. The molecule has 1 aromatic rings. The van der Waals surface area contributed by atoms with Crippen LogP contribution in [0.25, 0.3) is 0 Å². The number of pyridine rings is 1. The summed E-state index contributed by atoms with van der Waals surface area (Å²) < 4.78 is 24.0. The second-order valence-electron chi connectivity index (χ2n) is 5.61. The molecule has 3 heterocycles. The maximum Gasteiger partial charge on any atom is 0.184 e. The molecule has 102 valence electrons. The van der Waals surface area contributed by atoms with Crippen LogP contribution in [-0.2, 0) is 9.84 Å². The van der Waals surface area contributed by atoms with E-state index in [4.69, 9.17) is 0 Å². The standard InChI is InChI=1S/C14H17NO3S/c1-9-3-2-4-13(15-9)14(16)10-7-11-5-6-12(8-10)19(11,17)18/h2-4,10-12H,5-8H2,1H3. The first kappa shape index (κ1) is 12.8. The monoisotopic (exact) mass is 279 g/mol. The number of ketones is 1. The molecule has 2 bridgehead atoms. The highest BCUT2D eigenvalue weighted by Crippen LogP contribution is 2.41. The number of hydrogen-bond donors (Lipinski definition) is 0. The highest BCUT2D eigenvalue weighted by molar-refractivity contribution is 7.93. The molecule has 4 nitrogen and oxygen atoms in total. The predicted molar refractivity (Wildman–Crippen MR) is 71.8 cm³/mol. The molecule has 2 saturated heterocycles. The third-order valence-electron chi connectivity index (χ3n) is 4.35. The number of aryl methyl sites for hydroxylation is 1. The molecule has 0 aromatic carbocycles. The third-order valence-corrected chi connectivity index (χ3v) is 7.06. The van der Waals surface area contributed by atoms with Crippen molar-refractivity contribution in [1.82, 2.24) is 4.98 Å². The summed E-state index contributed by atoms with van der Waals surface area (Å²) in [6, 6.07) is 5.40. The highest BCUT2D eigenvalue weighted by atomic mass is 32.2. The Labute approximate surface area is 113 Å². The van der Waals surface area contributed by atoms with Crippen LogP contribution in [0.2, 0.25) is 0 Å². The number of Topliss-reactive ketones (excluding diaryl/α,β-unsaturated/α-hetero) is 1. The molecule has 0 radical (unpaired) electrons. The number of hydrogen-bond acceptors (Lipinski definition) is 4. The minimum atomic E-state index is -2.96. The Kier molecular flexibility index (Phi) is 2.96. The molecular formula is C14H17NO3S. The van der Waals surface area contributed by atoms with Crippen molar-refractivity contribution in [2.45, 2.75) is 43.1 Å². The second-order valence-corrected chi connectivity index (χ2v) is 8.12. The average Bonchev–Trinajstić information content (AvgIpc) is 2.58. The van der Waals surface area contributed by atoms with Gasteiger partial charge in [0.2, 0.25) is 0 Å². The van der Waals surface area contributed by atoms with Gasteiger partial charge in [-0.3, -0.25) is 9.78 Å². The van der Waals surface area contributed by atoms with E-state index in [0.717, 1.165) is 18.5 Å². The van der Waals surface area contributed by atoms with Crippen molar-refractivity contribution in [3.63, 3.8) is 0 Å². The first-order valence-electron chi connectivity index (χ1n) is 6.69. The summed E-state index contributed by atoms with van der Waals surface area (Å²) in [5.41, 5.74) is 1.29. The lowest BCUT2D eigenvalue weighted by atomic mass is 9.92. The molecule has 19 heavy (non-hydrogen) atoms. The summed E-state index contributed by atoms with van der Waals surface area (Å²) in [4.78, 5) is 16.7. The van der Waals surface area contributed by atoms with Gasteiger partial charge in [-0.25, -0.2) is 8.42 Å². The van der Waals surface area contributed by atoms with Gasteiger partial charge in [-0.2, -0.15) is 0 Å². The van der Waals surface area contributed by atoms with Crippen LogP contribution >= 0.6 is 0 Å². The largest absolute Gasteiger partial charge is 0.292 e. The number of rotatable bonds is 2. The van der Waals surface area contributed by atoms with E-state index in [0.29, 0.717) is 18.5 Å². The molecule has 5 heteroatoms. The molecule has 2 atom stereocenters. The number of carbonyl (C=O) groups is 1. The Morgan fingerprint density at radius 2 is 1.84 bits per heavy atom. The quantitative estimate of drug-likeness (QED) is 0.776. The van der Waals surface area contributed by atoms with Gasteiger partial charge in [0.1, 0.15) is 5.69 Å². The van der Waals surface area contributed by atoms with E-state index in [1.54, 1.807) is 6.07 Å². The van der Waals surface area contributed by atoms with Crippen LogP contribution in [0.15, 0.2) is 18.2 Å². The van der Waals surface area contributed by atoms with Crippen molar-refractivity contribution in [1.29, 1.82) is 0 Å². The molecule has 2 fully saturated rings. The first-order valence-corrected chi connectivity index (χ1v) is 8.30. The Morgan fingerprint density at radius 3 is 2.42 bits per heavy atom. The molecule has 0 amide bonds. The minimum Gasteiger partial charge on any atom is -0.292 e. The summed E-state index contributed by atoms with van der Waals surface area (Å²) in [5.74, 6) is -0.161. The predicted octanol–water partition coefficient (Wildman–Crippen LogP) is 1.93. The van der Waals surface area contributed by atoms with Gasteiger partial charge in [0, 0.05) is 11.6 Å². The van der Waals surface area contributed by atoms with E-state index in [1.165, 1.54) is 0 Å². The third kappa shape index (κ3) is 2.10. The molecule has 3 rings (SSSR count). The van der Waals surface area contributed by atoms with Gasteiger partial charge in [0.25, 0.3) is 0 Å². The van der Waals surface area contributed by atoms with Crippen molar-refractivity contribution in [3.05, 3.63) is 29.6 Å². The second kappa shape index (κ2) is 4.40. The van der Waals surface area contributed by atoms with Gasteiger partial charge in [0.05, 0.1) is 10.5 Å². The van der Waals surface area contributed by atoms with Crippen LogP contribution < -0.4 is 0 Å². The fourth-order valence-corrected chi connectivity index (χ4v) is 5.79. The zero-order valence-electron chi connectivity index (χ0n) is 10.9. The number of carbonyl (C=O) groups excluding carboxylic acids is 1. The van der Waals surface area contributed by atoms with Crippen LogP contribution in [0.5, 0.6) is 0 Å². The van der Waals surface area contributed by atoms with Crippen molar-refractivity contribution in [3.8, 4) is 0 Å². The molecule has 2 aliphatic heterocycles. The summed E-state index contributed by atoms with van der Waals surface area (Å²) in [7, 11) is -2.96. The summed E-state index contributed by atoms with van der Waals surface area (Å²) >= 11 is 0. The summed E-state index contributed by atoms with van der Waals surface area (Å²) in [5, 5.41) is -0.602. The van der Waals surface area contributed by atoms with E-state index in [9.17, 15) is 13.2 Å². The highest BCUT2D eigenvalue weighted by Gasteiger charge is 2.48. The van der Waals surface area contributed by atoms with Crippen LogP contribution in [0, 0.1) is 12.8 Å². The molecule has 0 saturated carbocycles. The summed E-state index contributed by atoms with van der Waals surface area (Å²) in [6.45, 7) is 1.85. The Morgan fingerprint density at radius 1 is 1.21 bits per heavy atom. The van der Waals surface area contributed by atoms with E-state index in [-0.39, 0.29) is 22.2 Å². The minimum absolute atomic E-state index is 0.00972. The maximum atomic E-state index is 12.4. The van der Waals surface area contributed by atoms with E-state index in [1.807, 2.05) is 19.1 Å².